The summed E-state index contributed by atoms with van der Waals surface area (Å²) in [6, 6.07) is 8.08. The Hall–Kier alpha value is -1.81. The molecule has 4 nitrogen and oxygen atoms in total. The van der Waals surface area contributed by atoms with E-state index in [0.717, 1.165) is 55.5 Å². The maximum Gasteiger partial charge on any atom is 0.135 e. The van der Waals surface area contributed by atoms with Crippen LogP contribution in [0.5, 0.6) is 0 Å². The second-order valence-electron chi connectivity index (χ2n) is 5.90. The number of fused-ring (bicyclic) bond motifs is 1. The Bertz CT molecular complexity index is 680. The van der Waals surface area contributed by atoms with Crippen molar-refractivity contribution in [3.8, 4) is 0 Å². The molecule has 5 heteroatoms. The third kappa shape index (κ3) is 2.41. The first-order valence-electron chi connectivity index (χ1n) is 7.90. The molecule has 0 unspecified atom stereocenters. The van der Waals surface area contributed by atoms with Gasteiger partial charge in [-0.2, -0.15) is 0 Å². The Labute approximate surface area is 135 Å². The minimum Gasteiger partial charge on any atom is -0.367 e. The van der Waals surface area contributed by atoms with Gasteiger partial charge in [-0.1, -0.05) is 23.7 Å². The molecule has 4 rings (SSSR count). The third-order valence-corrected chi connectivity index (χ3v) is 4.94. The molecule has 0 N–H and O–H groups in total. The van der Waals surface area contributed by atoms with Crippen molar-refractivity contribution >= 4 is 23.1 Å². The summed E-state index contributed by atoms with van der Waals surface area (Å²) in [5.74, 6) is 1.15. The Morgan fingerprint density at radius 3 is 2.50 bits per heavy atom. The number of hydrogen-bond acceptors (Lipinski definition) is 4. The van der Waals surface area contributed by atoms with Crippen molar-refractivity contribution in [3.05, 3.63) is 46.9 Å². The maximum absolute atomic E-state index is 6.31. The Balaban J connectivity index is 1.51. The highest BCUT2D eigenvalue weighted by molar-refractivity contribution is 6.33. The first-order chi connectivity index (χ1) is 10.8. The van der Waals surface area contributed by atoms with Crippen LogP contribution < -0.4 is 9.80 Å². The number of aryl methyl sites for hydroxylation is 1. The number of para-hydroxylation sites is 1. The van der Waals surface area contributed by atoms with E-state index in [0.29, 0.717) is 0 Å². The van der Waals surface area contributed by atoms with E-state index in [-0.39, 0.29) is 0 Å². The zero-order chi connectivity index (χ0) is 14.9. The molecule has 2 heterocycles. The lowest BCUT2D eigenvalue weighted by Gasteiger charge is -2.37. The van der Waals surface area contributed by atoms with Crippen molar-refractivity contribution in [1.29, 1.82) is 0 Å². The zero-order valence-electron chi connectivity index (χ0n) is 12.5. The highest BCUT2D eigenvalue weighted by Gasteiger charge is 2.24. The molecule has 1 aliphatic heterocycles. The second-order valence-corrected chi connectivity index (χ2v) is 6.31. The van der Waals surface area contributed by atoms with Gasteiger partial charge in [-0.3, -0.25) is 0 Å². The fraction of sp³-hybridized carbons (Fsp3) is 0.412. The van der Waals surface area contributed by atoms with E-state index >= 15 is 0 Å². The lowest BCUT2D eigenvalue weighted by atomic mass is 10.2. The Morgan fingerprint density at radius 1 is 0.909 bits per heavy atom. The zero-order valence-corrected chi connectivity index (χ0v) is 13.3. The van der Waals surface area contributed by atoms with Crippen LogP contribution in [0.4, 0.5) is 11.5 Å². The van der Waals surface area contributed by atoms with Crippen molar-refractivity contribution in [2.75, 3.05) is 36.0 Å². The van der Waals surface area contributed by atoms with Crippen LogP contribution in [-0.2, 0) is 12.8 Å². The summed E-state index contributed by atoms with van der Waals surface area (Å²) in [6.45, 7) is 3.91. The molecule has 22 heavy (non-hydrogen) atoms. The molecule has 1 aromatic carbocycles. The topological polar surface area (TPSA) is 32.3 Å². The van der Waals surface area contributed by atoms with Gasteiger partial charge < -0.3 is 9.80 Å². The van der Waals surface area contributed by atoms with Gasteiger partial charge in [0, 0.05) is 37.4 Å². The van der Waals surface area contributed by atoms with Crippen molar-refractivity contribution in [2.24, 2.45) is 0 Å². The number of halogens is 1. The van der Waals surface area contributed by atoms with Crippen LogP contribution in [-0.4, -0.2) is 36.1 Å². The molecule has 1 aliphatic carbocycles. The fourth-order valence-corrected chi connectivity index (χ4v) is 3.74. The van der Waals surface area contributed by atoms with E-state index in [1.165, 1.54) is 17.7 Å². The van der Waals surface area contributed by atoms with Crippen molar-refractivity contribution in [3.63, 3.8) is 0 Å². The van der Waals surface area contributed by atoms with Crippen molar-refractivity contribution < 1.29 is 0 Å². The monoisotopic (exact) mass is 314 g/mol. The number of benzene rings is 1. The highest BCUT2D eigenvalue weighted by Crippen LogP contribution is 2.30. The molecule has 0 spiro atoms. The van der Waals surface area contributed by atoms with Gasteiger partial charge in [0.05, 0.1) is 10.7 Å². The van der Waals surface area contributed by atoms with Crippen molar-refractivity contribution in [1.82, 2.24) is 9.97 Å². The number of rotatable bonds is 2. The van der Waals surface area contributed by atoms with Gasteiger partial charge in [0.25, 0.3) is 0 Å². The van der Waals surface area contributed by atoms with Crippen LogP contribution in [0, 0.1) is 0 Å². The summed E-state index contributed by atoms with van der Waals surface area (Å²) in [5, 5.41) is 0.832. The molecule has 1 aromatic heterocycles. The number of nitrogens with zero attached hydrogens (tertiary/aromatic N) is 4. The summed E-state index contributed by atoms with van der Waals surface area (Å²) in [4.78, 5) is 13.7. The molecule has 0 saturated carbocycles. The van der Waals surface area contributed by atoms with Gasteiger partial charge in [0.2, 0.25) is 0 Å². The van der Waals surface area contributed by atoms with E-state index < -0.39 is 0 Å². The molecule has 0 amide bonds. The lowest BCUT2D eigenvalue weighted by Crippen LogP contribution is -2.47. The second kappa shape index (κ2) is 5.76. The van der Waals surface area contributed by atoms with Gasteiger partial charge in [0.1, 0.15) is 12.1 Å². The first kappa shape index (κ1) is 13.8. The van der Waals surface area contributed by atoms with Crippen LogP contribution in [0.2, 0.25) is 5.02 Å². The molecule has 1 saturated heterocycles. The van der Waals surface area contributed by atoms with Crippen molar-refractivity contribution in [2.45, 2.75) is 19.3 Å². The molecule has 0 atom stereocenters. The standard InChI is InChI=1S/C17H19ClN4/c18-14-5-1-2-7-16(14)21-8-10-22(11-9-21)17-13-4-3-6-15(13)19-12-20-17/h1-2,5,7,12H,3-4,6,8-11H2. The summed E-state index contributed by atoms with van der Waals surface area (Å²) in [7, 11) is 0. The molecular weight excluding hydrogens is 296 g/mol. The molecular formula is C17H19ClN4. The minimum atomic E-state index is 0.832. The summed E-state index contributed by atoms with van der Waals surface area (Å²) < 4.78 is 0. The molecule has 2 aromatic rings. The third-order valence-electron chi connectivity index (χ3n) is 4.62. The average molecular weight is 315 g/mol. The van der Waals surface area contributed by atoms with Gasteiger partial charge in [0.15, 0.2) is 0 Å². The first-order valence-corrected chi connectivity index (χ1v) is 8.28. The molecule has 0 bridgehead atoms. The van der Waals surface area contributed by atoms with Crippen LogP contribution in [0.15, 0.2) is 30.6 Å². The quantitative estimate of drug-likeness (QED) is 0.853. The van der Waals surface area contributed by atoms with E-state index in [1.807, 2.05) is 18.2 Å². The molecule has 2 aliphatic rings. The molecule has 114 valence electrons. The van der Waals surface area contributed by atoms with Gasteiger partial charge in [-0.05, 0) is 31.4 Å². The van der Waals surface area contributed by atoms with E-state index in [9.17, 15) is 0 Å². The highest BCUT2D eigenvalue weighted by atomic mass is 35.5. The number of piperazine rings is 1. The summed E-state index contributed by atoms with van der Waals surface area (Å²) in [5.41, 5.74) is 3.75. The smallest absolute Gasteiger partial charge is 0.135 e. The van der Waals surface area contributed by atoms with E-state index in [4.69, 9.17) is 11.6 Å². The van der Waals surface area contributed by atoms with Crippen LogP contribution in [0.25, 0.3) is 0 Å². The van der Waals surface area contributed by atoms with Gasteiger partial charge in [-0.15, -0.1) is 0 Å². The number of hydrogen-bond donors (Lipinski definition) is 0. The summed E-state index contributed by atoms with van der Waals surface area (Å²) in [6.07, 6.45) is 5.15. The largest absolute Gasteiger partial charge is 0.367 e. The molecule has 0 radical (unpaired) electrons. The lowest BCUT2D eigenvalue weighted by molar-refractivity contribution is 0.644. The van der Waals surface area contributed by atoms with E-state index in [2.05, 4.69) is 25.8 Å². The Kier molecular flexibility index (Phi) is 3.62. The minimum absolute atomic E-state index is 0.832. The van der Waals surface area contributed by atoms with E-state index in [1.54, 1.807) is 6.33 Å². The maximum atomic E-state index is 6.31. The number of aromatic nitrogens is 2. The fourth-order valence-electron chi connectivity index (χ4n) is 3.48. The summed E-state index contributed by atoms with van der Waals surface area (Å²) >= 11 is 6.31. The predicted octanol–water partition coefficient (Wildman–Crippen LogP) is 2.95. The normalized spacial score (nSPS) is 17.7. The van der Waals surface area contributed by atoms with Gasteiger partial charge >= 0.3 is 0 Å². The van der Waals surface area contributed by atoms with Gasteiger partial charge in [-0.25, -0.2) is 9.97 Å². The number of anilines is 2. The SMILES string of the molecule is Clc1ccccc1N1CCN(c2ncnc3c2CCC3)CC1. The van der Waals surface area contributed by atoms with Crippen LogP contribution in [0.3, 0.4) is 0 Å². The Morgan fingerprint density at radius 2 is 1.68 bits per heavy atom. The van der Waals surface area contributed by atoms with Crippen LogP contribution >= 0.6 is 11.6 Å². The average Bonchev–Trinajstić information content (AvgIpc) is 3.04. The predicted molar refractivity (Wildman–Crippen MR) is 89.9 cm³/mol. The van der Waals surface area contributed by atoms with Crippen LogP contribution in [0.1, 0.15) is 17.7 Å². The molecule has 1 fully saturated rings.